The van der Waals surface area contributed by atoms with E-state index < -0.39 is 5.97 Å². The predicted molar refractivity (Wildman–Crippen MR) is 58.8 cm³/mol. The summed E-state index contributed by atoms with van der Waals surface area (Å²) in [5, 5.41) is 12.1. The number of oxime groups is 1. The fourth-order valence-corrected chi connectivity index (χ4v) is 1.57. The summed E-state index contributed by atoms with van der Waals surface area (Å²) in [6.07, 6.45) is 0. The van der Waals surface area contributed by atoms with Crippen molar-refractivity contribution >= 4 is 23.4 Å². The lowest BCUT2D eigenvalue weighted by Crippen LogP contribution is -2.24. The summed E-state index contributed by atoms with van der Waals surface area (Å²) in [7, 11) is 1.33. The third kappa shape index (κ3) is 4.91. The van der Waals surface area contributed by atoms with Gasteiger partial charge in [-0.2, -0.15) is 0 Å². The number of hydrogen-bond acceptors (Lipinski definition) is 4. The van der Waals surface area contributed by atoms with E-state index in [1.807, 2.05) is 6.92 Å². The Balaban J connectivity index is 4.30. The second-order valence-corrected chi connectivity index (χ2v) is 4.20. The minimum atomic E-state index is -1.05. The average molecular weight is 217 g/mol. The quantitative estimate of drug-likeness (QED) is 0.418. The minimum absolute atomic E-state index is 0.0266. The highest BCUT2D eigenvalue weighted by Crippen LogP contribution is 2.15. The number of hydrogen-bond donors (Lipinski definition) is 1. The first-order valence-corrected chi connectivity index (χ1v) is 5.14. The Hall–Kier alpha value is -0.970. The van der Waals surface area contributed by atoms with Crippen molar-refractivity contribution < 1.29 is 14.7 Å². The van der Waals surface area contributed by atoms with E-state index in [0.29, 0.717) is 0 Å². The fourth-order valence-electron chi connectivity index (χ4n) is 0.732. The van der Waals surface area contributed by atoms with Crippen LogP contribution in [0.1, 0.15) is 13.8 Å². The van der Waals surface area contributed by atoms with Crippen LogP contribution in [0.5, 0.6) is 0 Å². The first-order valence-electron chi connectivity index (χ1n) is 4.09. The van der Waals surface area contributed by atoms with E-state index in [4.69, 9.17) is 5.11 Å². The molecule has 1 unspecified atom stereocenters. The summed E-state index contributed by atoms with van der Waals surface area (Å²) >= 11 is 1.47. The van der Waals surface area contributed by atoms with Gasteiger partial charge in [0.2, 0.25) is 0 Å². The third-order valence-corrected chi connectivity index (χ3v) is 2.76. The summed E-state index contributed by atoms with van der Waals surface area (Å²) in [5.41, 5.74) is 1.03. The Kier molecular flexibility index (Phi) is 6.03. The molecule has 0 aliphatic rings. The van der Waals surface area contributed by atoms with Crippen molar-refractivity contribution in [1.82, 2.24) is 0 Å². The molecule has 14 heavy (non-hydrogen) atoms. The average Bonchev–Trinajstić information content (AvgIpc) is 2.09. The van der Waals surface area contributed by atoms with Crippen LogP contribution >= 0.6 is 11.8 Å². The molecule has 0 aliphatic carbocycles. The minimum Gasteiger partial charge on any atom is -0.477 e. The lowest BCUT2D eigenvalue weighted by molar-refractivity contribution is -0.129. The lowest BCUT2D eigenvalue weighted by atomic mass is 10.3. The molecule has 0 aromatic rings. The first-order chi connectivity index (χ1) is 6.49. The van der Waals surface area contributed by atoms with Crippen LogP contribution in [0.3, 0.4) is 0 Å². The van der Waals surface area contributed by atoms with Gasteiger partial charge in [0.25, 0.3) is 0 Å². The Morgan fingerprint density at radius 3 is 2.64 bits per heavy atom. The van der Waals surface area contributed by atoms with E-state index in [9.17, 15) is 4.79 Å². The van der Waals surface area contributed by atoms with Crippen LogP contribution in [0, 0.1) is 0 Å². The Labute approximate surface area is 88.0 Å². The molecule has 0 aromatic heterocycles. The van der Waals surface area contributed by atoms with Crippen molar-refractivity contribution in [3.63, 3.8) is 0 Å². The summed E-state index contributed by atoms with van der Waals surface area (Å²) < 4.78 is 0. The molecular formula is C9H15NO3S. The van der Waals surface area contributed by atoms with Gasteiger partial charge in [-0.15, -0.1) is 11.8 Å². The zero-order chi connectivity index (χ0) is 11.1. The first kappa shape index (κ1) is 13.0. The monoisotopic (exact) mass is 217 g/mol. The highest BCUT2D eigenvalue weighted by Gasteiger charge is 2.19. The lowest BCUT2D eigenvalue weighted by Gasteiger charge is -2.09. The zero-order valence-corrected chi connectivity index (χ0v) is 9.43. The standard InChI is InChI=1S/C9H15NO3S/c1-6(2)5-14-7(3)8(9(11)12)10-13-4/h7H,1,5H2,2-4H3,(H,11,12). The van der Waals surface area contributed by atoms with Gasteiger partial charge in [-0.1, -0.05) is 17.3 Å². The molecule has 0 bridgehead atoms. The van der Waals surface area contributed by atoms with Gasteiger partial charge in [0.15, 0.2) is 5.71 Å². The van der Waals surface area contributed by atoms with Crippen molar-refractivity contribution in [2.75, 3.05) is 12.9 Å². The molecule has 0 saturated carbocycles. The van der Waals surface area contributed by atoms with Crippen LogP contribution in [0.4, 0.5) is 0 Å². The van der Waals surface area contributed by atoms with Gasteiger partial charge in [0.05, 0.1) is 5.25 Å². The molecule has 0 rings (SSSR count). The molecule has 0 radical (unpaired) electrons. The largest absolute Gasteiger partial charge is 0.477 e. The van der Waals surface area contributed by atoms with Crippen molar-refractivity contribution in [3.8, 4) is 0 Å². The van der Waals surface area contributed by atoms with Crippen LogP contribution in [0.2, 0.25) is 0 Å². The van der Waals surface area contributed by atoms with Crippen molar-refractivity contribution in [2.24, 2.45) is 5.16 Å². The molecule has 1 atom stereocenters. The topological polar surface area (TPSA) is 58.9 Å². The summed E-state index contributed by atoms with van der Waals surface area (Å²) in [6.45, 7) is 7.41. The molecule has 0 saturated heterocycles. The van der Waals surface area contributed by atoms with Crippen LogP contribution in [-0.4, -0.2) is 34.9 Å². The highest BCUT2D eigenvalue weighted by molar-refractivity contribution is 8.00. The Morgan fingerprint density at radius 2 is 2.29 bits per heavy atom. The van der Waals surface area contributed by atoms with Gasteiger partial charge >= 0.3 is 5.97 Å². The molecule has 0 aliphatic heterocycles. The molecule has 5 heteroatoms. The highest BCUT2D eigenvalue weighted by atomic mass is 32.2. The molecule has 0 heterocycles. The third-order valence-electron chi connectivity index (χ3n) is 1.37. The predicted octanol–water partition coefficient (Wildman–Crippen LogP) is 1.77. The maximum absolute atomic E-state index is 10.7. The molecule has 0 amide bonds. The number of carboxylic acids is 1. The van der Waals surface area contributed by atoms with E-state index >= 15 is 0 Å². The molecular weight excluding hydrogens is 202 g/mol. The molecule has 0 spiro atoms. The van der Waals surface area contributed by atoms with Crippen molar-refractivity contribution in [1.29, 1.82) is 0 Å². The second kappa shape index (κ2) is 6.48. The normalized spacial score (nSPS) is 13.5. The maximum atomic E-state index is 10.7. The van der Waals surface area contributed by atoms with Gasteiger partial charge in [0, 0.05) is 5.75 Å². The van der Waals surface area contributed by atoms with Crippen molar-refractivity contribution in [3.05, 3.63) is 12.2 Å². The van der Waals surface area contributed by atoms with Gasteiger partial charge in [-0.25, -0.2) is 4.79 Å². The van der Waals surface area contributed by atoms with Crippen LogP contribution < -0.4 is 0 Å². The Morgan fingerprint density at radius 1 is 1.71 bits per heavy atom. The summed E-state index contributed by atoms with van der Waals surface area (Å²) in [6, 6.07) is 0. The van der Waals surface area contributed by atoms with Gasteiger partial charge in [-0.05, 0) is 13.8 Å². The van der Waals surface area contributed by atoms with E-state index in [1.165, 1.54) is 18.9 Å². The fraction of sp³-hybridized carbons (Fsp3) is 0.556. The van der Waals surface area contributed by atoms with Crippen LogP contribution in [0.15, 0.2) is 17.3 Å². The number of thioether (sulfide) groups is 1. The number of carboxylic acid groups (broad SMARTS) is 1. The molecule has 0 aromatic carbocycles. The smallest absolute Gasteiger partial charge is 0.354 e. The van der Waals surface area contributed by atoms with E-state index in [-0.39, 0.29) is 11.0 Å². The number of aliphatic carboxylic acids is 1. The molecule has 4 nitrogen and oxygen atoms in total. The number of nitrogens with zero attached hydrogens (tertiary/aromatic N) is 1. The van der Waals surface area contributed by atoms with Gasteiger partial charge in [0.1, 0.15) is 7.11 Å². The van der Waals surface area contributed by atoms with E-state index in [1.54, 1.807) is 6.92 Å². The Bertz CT molecular complexity index is 250. The van der Waals surface area contributed by atoms with E-state index in [0.717, 1.165) is 11.3 Å². The molecule has 80 valence electrons. The van der Waals surface area contributed by atoms with Crippen LogP contribution in [-0.2, 0) is 9.63 Å². The van der Waals surface area contributed by atoms with Gasteiger partial charge in [-0.3, -0.25) is 0 Å². The maximum Gasteiger partial charge on any atom is 0.354 e. The molecule has 0 fully saturated rings. The second-order valence-electron chi connectivity index (χ2n) is 2.87. The van der Waals surface area contributed by atoms with Crippen molar-refractivity contribution in [2.45, 2.75) is 19.1 Å². The summed E-state index contributed by atoms with van der Waals surface area (Å²) in [4.78, 5) is 15.2. The zero-order valence-electron chi connectivity index (χ0n) is 8.61. The number of rotatable bonds is 6. The number of carbonyl (C=O) groups is 1. The van der Waals surface area contributed by atoms with Gasteiger partial charge < -0.3 is 9.94 Å². The summed E-state index contributed by atoms with van der Waals surface area (Å²) in [5.74, 6) is -0.328. The van der Waals surface area contributed by atoms with E-state index in [2.05, 4.69) is 16.6 Å². The SMILES string of the molecule is C=C(C)CSC(C)C(=NOC)C(=O)O. The van der Waals surface area contributed by atoms with Crippen LogP contribution in [0.25, 0.3) is 0 Å². The molecule has 1 N–H and O–H groups in total.